The number of carbonyl (C=O) groups excluding carboxylic acids is 2. The van der Waals surface area contributed by atoms with Crippen molar-refractivity contribution in [3.8, 4) is 11.5 Å². The third kappa shape index (κ3) is 6.52. The van der Waals surface area contributed by atoms with Gasteiger partial charge in [-0.15, -0.1) is 0 Å². The van der Waals surface area contributed by atoms with Gasteiger partial charge in [0.2, 0.25) is 10.0 Å². The van der Waals surface area contributed by atoms with Gasteiger partial charge in [0.05, 0.1) is 23.1 Å². The average Bonchev–Trinajstić information content (AvgIpc) is 2.88. The molecule has 0 bridgehead atoms. The van der Waals surface area contributed by atoms with Crippen LogP contribution >= 0.6 is 0 Å². The number of hydrogen-bond acceptors (Lipinski definition) is 8. The molecule has 3 rings (SSSR count). The fraction of sp³-hybridized carbons (Fsp3) is 0.417. The van der Waals surface area contributed by atoms with Crippen molar-refractivity contribution in [1.29, 1.82) is 0 Å². The Labute approximate surface area is 211 Å². The van der Waals surface area contributed by atoms with Gasteiger partial charge in [-0.1, -0.05) is 6.07 Å². The predicted molar refractivity (Wildman–Crippen MR) is 132 cm³/mol. The van der Waals surface area contributed by atoms with E-state index in [-0.39, 0.29) is 29.7 Å². The molecule has 1 aliphatic heterocycles. The summed E-state index contributed by atoms with van der Waals surface area (Å²) in [6.45, 7) is 1.19. The Bertz CT molecular complexity index is 1160. The number of sulfonamides is 1. The molecule has 0 saturated carbocycles. The lowest BCUT2D eigenvalue weighted by atomic mass is 10.1. The van der Waals surface area contributed by atoms with Gasteiger partial charge in [0.25, 0.3) is 11.8 Å². The molecular weight excluding hydrogens is 488 g/mol. The topological polar surface area (TPSA) is 138 Å². The number of nitrogens with zero attached hydrogens (tertiary/aromatic N) is 2. The monoisotopic (exact) mass is 520 g/mol. The quantitative estimate of drug-likeness (QED) is 0.315. The van der Waals surface area contributed by atoms with Crippen LogP contribution in [0.25, 0.3) is 0 Å². The minimum absolute atomic E-state index is 0.140. The van der Waals surface area contributed by atoms with Crippen molar-refractivity contribution in [1.82, 2.24) is 20.0 Å². The van der Waals surface area contributed by atoms with Crippen molar-refractivity contribution in [3.63, 3.8) is 0 Å². The standard InChI is InChI=1S/C24H32N4O7S/c1-27(2)16-13-25-23(29)20-5-4-6-21(22(20)24(30)26-31)36(32,33)28-14-11-19(12-15-28)35-18-9-7-17(34-3)8-10-18/h4-10,19,31H,11-16H2,1-3H3,(H,25,29)(H,26,30). The summed E-state index contributed by atoms with van der Waals surface area (Å²) in [4.78, 5) is 26.8. The SMILES string of the molecule is COc1ccc(OC2CCN(S(=O)(=O)c3cccc(C(=O)NCCN(C)C)c3C(=O)NO)CC2)cc1. The first-order valence-electron chi connectivity index (χ1n) is 11.5. The molecule has 12 heteroatoms. The molecule has 0 radical (unpaired) electrons. The number of nitrogens with one attached hydrogen (secondary N) is 2. The fourth-order valence-electron chi connectivity index (χ4n) is 3.89. The maximum atomic E-state index is 13.5. The van der Waals surface area contributed by atoms with Crippen molar-refractivity contribution in [2.45, 2.75) is 23.8 Å². The molecule has 2 amide bonds. The van der Waals surface area contributed by atoms with Gasteiger partial charge < -0.3 is 19.7 Å². The maximum absolute atomic E-state index is 13.5. The van der Waals surface area contributed by atoms with Gasteiger partial charge in [-0.05, 0) is 63.3 Å². The van der Waals surface area contributed by atoms with Gasteiger partial charge in [-0.25, -0.2) is 13.9 Å². The van der Waals surface area contributed by atoms with Gasteiger partial charge in [-0.2, -0.15) is 4.31 Å². The number of benzene rings is 2. The summed E-state index contributed by atoms with van der Waals surface area (Å²) in [5.74, 6) is -0.324. The van der Waals surface area contributed by atoms with Crippen LogP contribution in [-0.2, 0) is 10.0 Å². The van der Waals surface area contributed by atoms with Crippen LogP contribution in [0.2, 0.25) is 0 Å². The van der Waals surface area contributed by atoms with Crippen LogP contribution in [0.15, 0.2) is 47.4 Å². The van der Waals surface area contributed by atoms with Gasteiger partial charge in [0.15, 0.2) is 0 Å². The Balaban J connectivity index is 1.77. The largest absolute Gasteiger partial charge is 0.497 e. The normalized spacial score (nSPS) is 14.9. The van der Waals surface area contributed by atoms with E-state index in [2.05, 4.69) is 5.32 Å². The van der Waals surface area contributed by atoms with Crippen LogP contribution in [0, 0.1) is 0 Å². The molecular formula is C24H32N4O7S. The Morgan fingerprint density at radius 2 is 1.69 bits per heavy atom. The first kappa shape index (κ1) is 27.4. The number of piperidine rings is 1. The molecule has 2 aromatic carbocycles. The number of amides is 2. The highest BCUT2D eigenvalue weighted by atomic mass is 32.2. The number of rotatable bonds is 10. The second kappa shape index (κ2) is 12.2. The van der Waals surface area contributed by atoms with Crippen LogP contribution in [-0.4, -0.2) is 88.1 Å². The number of methoxy groups -OCH3 is 1. The van der Waals surface area contributed by atoms with E-state index in [9.17, 15) is 23.2 Å². The highest BCUT2D eigenvalue weighted by molar-refractivity contribution is 7.89. The molecule has 2 aromatic rings. The van der Waals surface area contributed by atoms with E-state index in [1.807, 2.05) is 19.0 Å². The van der Waals surface area contributed by atoms with Crippen LogP contribution in [0.3, 0.4) is 0 Å². The lowest BCUT2D eigenvalue weighted by Gasteiger charge is -2.32. The Hall–Kier alpha value is -3.19. The molecule has 36 heavy (non-hydrogen) atoms. The average molecular weight is 521 g/mol. The summed E-state index contributed by atoms with van der Waals surface area (Å²) < 4.78 is 39.4. The number of hydrogen-bond donors (Lipinski definition) is 3. The van der Waals surface area contributed by atoms with Crippen molar-refractivity contribution in [2.24, 2.45) is 0 Å². The number of ether oxygens (including phenoxy) is 2. The molecule has 1 heterocycles. The van der Waals surface area contributed by atoms with Crippen molar-refractivity contribution in [3.05, 3.63) is 53.6 Å². The second-order valence-electron chi connectivity index (χ2n) is 8.58. The molecule has 196 valence electrons. The second-order valence-corrected chi connectivity index (χ2v) is 10.5. The van der Waals surface area contributed by atoms with E-state index in [1.54, 1.807) is 31.4 Å². The first-order chi connectivity index (χ1) is 17.2. The zero-order chi connectivity index (χ0) is 26.3. The fourth-order valence-corrected chi connectivity index (χ4v) is 5.57. The molecule has 0 aliphatic carbocycles. The lowest BCUT2D eigenvalue weighted by Crippen LogP contribution is -2.42. The lowest BCUT2D eigenvalue weighted by molar-refractivity contribution is 0.0697. The van der Waals surface area contributed by atoms with E-state index in [4.69, 9.17) is 9.47 Å². The first-order valence-corrected chi connectivity index (χ1v) is 12.9. The van der Waals surface area contributed by atoms with E-state index >= 15 is 0 Å². The zero-order valence-corrected chi connectivity index (χ0v) is 21.4. The van der Waals surface area contributed by atoms with Crippen LogP contribution in [0.1, 0.15) is 33.6 Å². The van der Waals surface area contributed by atoms with Crippen LogP contribution in [0.5, 0.6) is 11.5 Å². The van der Waals surface area contributed by atoms with Crippen LogP contribution in [0.4, 0.5) is 0 Å². The molecule has 1 fully saturated rings. The van der Waals surface area contributed by atoms with Crippen molar-refractivity contribution in [2.75, 3.05) is 47.4 Å². The minimum Gasteiger partial charge on any atom is -0.497 e. The van der Waals surface area contributed by atoms with Crippen molar-refractivity contribution >= 4 is 21.8 Å². The Morgan fingerprint density at radius 3 is 2.28 bits per heavy atom. The third-order valence-electron chi connectivity index (χ3n) is 5.82. The molecule has 0 spiro atoms. The van der Waals surface area contributed by atoms with Gasteiger partial charge in [0.1, 0.15) is 17.6 Å². The van der Waals surface area contributed by atoms with E-state index in [0.29, 0.717) is 37.4 Å². The molecule has 0 aromatic heterocycles. The number of hydroxylamine groups is 1. The molecule has 11 nitrogen and oxygen atoms in total. The van der Waals surface area contributed by atoms with E-state index in [1.165, 1.54) is 28.0 Å². The zero-order valence-electron chi connectivity index (χ0n) is 20.6. The Morgan fingerprint density at radius 1 is 1.06 bits per heavy atom. The summed E-state index contributed by atoms with van der Waals surface area (Å²) in [6.07, 6.45) is 0.702. The molecule has 1 saturated heterocycles. The summed E-state index contributed by atoms with van der Waals surface area (Å²) >= 11 is 0. The summed E-state index contributed by atoms with van der Waals surface area (Å²) in [7, 11) is 1.12. The summed E-state index contributed by atoms with van der Waals surface area (Å²) in [5.41, 5.74) is 0.926. The molecule has 0 atom stereocenters. The summed E-state index contributed by atoms with van der Waals surface area (Å²) in [5, 5.41) is 11.9. The van der Waals surface area contributed by atoms with E-state index < -0.39 is 27.4 Å². The number of likely N-dealkylation sites (N-methyl/N-ethyl adjacent to an activating group) is 1. The summed E-state index contributed by atoms with van der Waals surface area (Å²) in [6, 6.07) is 11.2. The number of carbonyl (C=O) groups is 2. The van der Waals surface area contributed by atoms with Crippen molar-refractivity contribution < 1.29 is 32.7 Å². The highest BCUT2D eigenvalue weighted by Gasteiger charge is 2.34. The molecule has 1 aliphatic rings. The third-order valence-corrected chi connectivity index (χ3v) is 7.77. The van der Waals surface area contributed by atoms with Gasteiger partial charge in [0, 0.05) is 26.2 Å². The van der Waals surface area contributed by atoms with E-state index in [0.717, 1.165) is 0 Å². The van der Waals surface area contributed by atoms with Crippen LogP contribution < -0.4 is 20.3 Å². The maximum Gasteiger partial charge on any atom is 0.276 e. The molecule has 3 N–H and O–H groups in total. The Kier molecular flexibility index (Phi) is 9.26. The van der Waals surface area contributed by atoms with Gasteiger partial charge >= 0.3 is 0 Å². The predicted octanol–water partition coefficient (Wildman–Crippen LogP) is 1.34. The van der Waals surface area contributed by atoms with Gasteiger partial charge in [-0.3, -0.25) is 14.8 Å². The highest BCUT2D eigenvalue weighted by Crippen LogP contribution is 2.28. The molecule has 0 unspecified atom stereocenters. The minimum atomic E-state index is -4.14. The smallest absolute Gasteiger partial charge is 0.276 e.